The Morgan fingerprint density at radius 3 is 1.92 bits per heavy atom. The molecule has 0 radical (unpaired) electrons. The first-order chi connectivity index (χ1) is 11.6. The maximum atomic E-state index is 12.1. The number of carboxylic acids is 1. The van der Waals surface area contributed by atoms with Crippen molar-refractivity contribution in [2.45, 2.75) is 24.5 Å². The molecule has 0 bridgehead atoms. The summed E-state index contributed by atoms with van der Waals surface area (Å²) in [5.41, 5.74) is 0.793. The Morgan fingerprint density at radius 1 is 1.00 bits per heavy atom. The fourth-order valence-corrected chi connectivity index (χ4v) is 2.62. The van der Waals surface area contributed by atoms with Crippen molar-refractivity contribution in [3.05, 3.63) is 71.8 Å². The molecular weight excluding hydrogens is 306 g/mol. The largest absolute Gasteiger partial charge is 0.480 e. The maximum Gasteiger partial charge on any atom is 0.329 e. The van der Waals surface area contributed by atoms with E-state index in [1.165, 1.54) is 0 Å². The molecule has 1 fully saturated rings. The number of rotatable bonds is 7. The third-order valence-electron chi connectivity index (χ3n) is 4.12. The van der Waals surface area contributed by atoms with E-state index in [0.29, 0.717) is 12.8 Å². The quantitative estimate of drug-likeness (QED) is 0.820. The Balaban J connectivity index is 1.69. The molecule has 124 valence electrons. The lowest BCUT2D eigenvalue weighted by Gasteiger charge is -2.20. The molecule has 1 aliphatic rings. The first-order valence-electron chi connectivity index (χ1n) is 7.87. The number of nitrogens with one attached hydrogen (secondary N) is 1. The van der Waals surface area contributed by atoms with E-state index in [-0.39, 0.29) is 12.7 Å². The van der Waals surface area contributed by atoms with Gasteiger partial charge in [-0.1, -0.05) is 60.7 Å². The van der Waals surface area contributed by atoms with Crippen LogP contribution in [0.4, 0.5) is 0 Å². The van der Waals surface area contributed by atoms with Gasteiger partial charge in [-0.15, -0.1) is 0 Å². The Bertz CT molecular complexity index is 671. The van der Waals surface area contributed by atoms with Gasteiger partial charge in [-0.2, -0.15) is 0 Å². The molecule has 5 heteroatoms. The molecule has 3 rings (SSSR count). The van der Waals surface area contributed by atoms with Gasteiger partial charge in [0.2, 0.25) is 5.91 Å². The summed E-state index contributed by atoms with van der Waals surface area (Å²) in [5.74, 6) is -1.40. The predicted molar refractivity (Wildman–Crippen MR) is 88.4 cm³/mol. The van der Waals surface area contributed by atoms with Crippen molar-refractivity contribution >= 4 is 11.9 Å². The molecule has 0 atom stereocenters. The van der Waals surface area contributed by atoms with Crippen LogP contribution in [0, 0.1) is 0 Å². The van der Waals surface area contributed by atoms with E-state index in [1.807, 2.05) is 60.7 Å². The van der Waals surface area contributed by atoms with Gasteiger partial charge in [0.15, 0.2) is 0 Å². The zero-order valence-corrected chi connectivity index (χ0v) is 13.1. The molecule has 24 heavy (non-hydrogen) atoms. The molecule has 1 saturated carbocycles. The van der Waals surface area contributed by atoms with Crippen molar-refractivity contribution in [1.29, 1.82) is 0 Å². The molecule has 1 aliphatic carbocycles. The Morgan fingerprint density at radius 2 is 1.50 bits per heavy atom. The van der Waals surface area contributed by atoms with Crippen LogP contribution in [0.3, 0.4) is 0 Å². The Kier molecular flexibility index (Phi) is 4.62. The van der Waals surface area contributed by atoms with Gasteiger partial charge in [0.05, 0.1) is 0 Å². The average Bonchev–Trinajstić information content (AvgIpc) is 3.38. The van der Waals surface area contributed by atoms with Crippen LogP contribution in [-0.4, -0.2) is 29.1 Å². The number of aliphatic carboxylic acids is 1. The van der Waals surface area contributed by atoms with Crippen molar-refractivity contribution < 1.29 is 19.4 Å². The molecule has 0 aromatic heterocycles. The van der Waals surface area contributed by atoms with Crippen LogP contribution in [0.15, 0.2) is 60.7 Å². The van der Waals surface area contributed by atoms with Crippen LogP contribution < -0.4 is 5.32 Å². The van der Waals surface area contributed by atoms with E-state index < -0.39 is 17.4 Å². The molecule has 0 spiro atoms. The van der Waals surface area contributed by atoms with Crippen LogP contribution >= 0.6 is 0 Å². The zero-order chi connectivity index (χ0) is 17.0. The number of ether oxygens (including phenoxy) is 1. The fraction of sp³-hybridized carbons (Fsp3) is 0.263. The standard InChI is InChI=1S/C19H19NO4/c21-16(20-19(11-12-19)18(22)23)13-24-17(14-7-3-1-4-8-14)15-9-5-2-6-10-15/h1-10,17H,11-13H2,(H,20,21)(H,22,23). The summed E-state index contributed by atoms with van der Waals surface area (Å²) in [6.07, 6.45) is 0.558. The lowest BCUT2D eigenvalue weighted by molar-refractivity contribution is -0.144. The Hall–Kier alpha value is -2.66. The van der Waals surface area contributed by atoms with E-state index in [4.69, 9.17) is 9.84 Å². The lowest BCUT2D eigenvalue weighted by Crippen LogP contribution is -2.44. The lowest BCUT2D eigenvalue weighted by atomic mass is 10.0. The smallest absolute Gasteiger partial charge is 0.329 e. The van der Waals surface area contributed by atoms with E-state index >= 15 is 0 Å². The topological polar surface area (TPSA) is 75.6 Å². The van der Waals surface area contributed by atoms with Gasteiger partial charge < -0.3 is 15.2 Å². The average molecular weight is 325 g/mol. The Labute approximate surface area is 140 Å². The number of carbonyl (C=O) groups is 2. The SMILES string of the molecule is O=C(COC(c1ccccc1)c1ccccc1)NC1(C(=O)O)CC1. The number of hydrogen-bond donors (Lipinski definition) is 2. The molecule has 2 N–H and O–H groups in total. The van der Waals surface area contributed by atoms with Gasteiger partial charge in [0.1, 0.15) is 18.2 Å². The fourth-order valence-electron chi connectivity index (χ4n) is 2.62. The van der Waals surface area contributed by atoms with E-state index in [2.05, 4.69) is 5.32 Å². The van der Waals surface area contributed by atoms with Crippen LogP contribution in [0.1, 0.15) is 30.1 Å². The van der Waals surface area contributed by atoms with Gasteiger partial charge in [-0.05, 0) is 24.0 Å². The van der Waals surface area contributed by atoms with Crippen molar-refractivity contribution in [2.75, 3.05) is 6.61 Å². The second-order valence-corrected chi connectivity index (χ2v) is 5.95. The molecule has 2 aromatic rings. The number of hydrogen-bond acceptors (Lipinski definition) is 3. The molecule has 0 saturated heterocycles. The number of carbonyl (C=O) groups excluding carboxylic acids is 1. The van der Waals surface area contributed by atoms with Gasteiger partial charge in [0.25, 0.3) is 0 Å². The highest BCUT2D eigenvalue weighted by molar-refractivity contribution is 5.90. The molecular formula is C19H19NO4. The minimum atomic E-state index is -1.09. The highest BCUT2D eigenvalue weighted by Gasteiger charge is 2.51. The van der Waals surface area contributed by atoms with Crippen LogP contribution in [-0.2, 0) is 14.3 Å². The van der Waals surface area contributed by atoms with E-state index in [1.54, 1.807) is 0 Å². The monoisotopic (exact) mass is 325 g/mol. The molecule has 0 aliphatic heterocycles. The molecule has 2 aromatic carbocycles. The highest BCUT2D eigenvalue weighted by atomic mass is 16.5. The maximum absolute atomic E-state index is 12.1. The van der Waals surface area contributed by atoms with Crippen molar-refractivity contribution in [3.63, 3.8) is 0 Å². The number of benzene rings is 2. The summed E-state index contributed by atoms with van der Waals surface area (Å²) < 4.78 is 5.82. The van der Waals surface area contributed by atoms with Gasteiger partial charge in [0, 0.05) is 0 Å². The third-order valence-corrected chi connectivity index (χ3v) is 4.12. The van der Waals surface area contributed by atoms with Crippen LogP contribution in [0.5, 0.6) is 0 Å². The zero-order valence-electron chi connectivity index (χ0n) is 13.1. The molecule has 1 amide bonds. The second-order valence-electron chi connectivity index (χ2n) is 5.95. The van der Waals surface area contributed by atoms with E-state index in [9.17, 15) is 9.59 Å². The van der Waals surface area contributed by atoms with Gasteiger partial charge in [-0.25, -0.2) is 4.79 Å². The third kappa shape index (κ3) is 3.63. The summed E-state index contributed by atoms with van der Waals surface area (Å²) in [6.45, 7) is -0.191. The van der Waals surface area contributed by atoms with Crippen molar-refractivity contribution in [2.24, 2.45) is 0 Å². The number of carboxylic acid groups (broad SMARTS) is 1. The first kappa shape index (κ1) is 16.2. The highest BCUT2D eigenvalue weighted by Crippen LogP contribution is 2.35. The molecule has 0 unspecified atom stereocenters. The van der Waals surface area contributed by atoms with Crippen LogP contribution in [0.25, 0.3) is 0 Å². The second kappa shape index (κ2) is 6.84. The molecule has 5 nitrogen and oxygen atoms in total. The first-order valence-corrected chi connectivity index (χ1v) is 7.87. The van der Waals surface area contributed by atoms with Crippen molar-refractivity contribution in [1.82, 2.24) is 5.32 Å². The summed E-state index contributed by atoms with van der Waals surface area (Å²) in [5, 5.41) is 11.7. The summed E-state index contributed by atoms with van der Waals surface area (Å²) >= 11 is 0. The minimum absolute atomic E-state index is 0.191. The normalized spacial score (nSPS) is 15.0. The summed E-state index contributed by atoms with van der Waals surface area (Å²) in [4.78, 5) is 23.2. The van der Waals surface area contributed by atoms with Gasteiger partial charge in [-0.3, -0.25) is 4.79 Å². The summed E-state index contributed by atoms with van der Waals surface area (Å²) in [6, 6.07) is 19.3. The van der Waals surface area contributed by atoms with Crippen molar-refractivity contribution in [3.8, 4) is 0 Å². The van der Waals surface area contributed by atoms with Gasteiger partial charge >= 0.3 is 5.97 Å². The van der Waals surface area contributed by atoms with E-state index in [0.717, 1.165) is 11.1 Å². The molecule has 0 heterocycles. The summed E-state index contributed by atoms with van der Waals surface area (Å²) in [7, 11) is 0. The number of amides is 1. The predicted octanol–water partition coefficient (Wildman–Crippen LogP) is 2.53. The minimum Gasteiger partial charge on any atom is -0.480 e. The van der Waals surface area contributed by atoms with Crippen LogP contribution in [0.2, 0.25) is 0 Å².